The first kappa shape index (κ1) is 16.3. The Bertz CT molecular complexity index is 636. The standard InChI is InChI=1S/C17H25N3O2/c1-12(2)8-19(9-13(3)4)15-5-6-16-18-14(7-17(21)22)10-20(16)11-15/h5-6,10-13H,7-9H2,1-4H3,(H,21,22). The number of rotatable bonds is 7. The molecular weight excluding hydrogens is 278 g/mol. The lowest BCUT2D eigenvalue weighted by molar-refractivity contribution is -0.136. The molecule has 0 aliphatic heterocycles. The summed E-state index contributed by atoms with van der Waals surface area (Å²) in [5.74, 6) is 0.310. The number of aromatic nitrogens is 2. The minimum Gasteiger partial charge on any atom is -0.481 e. The van der Waals surface area contributed by atoms with E-state index in [-0.39, 0.29) is 6.42 Å². The van der Waals surface area contributed by atoms with Crippen molar-refractivity contribution in [2.24, 2.45) is 11.8 Å². The molecule has 0 saturated carbocycles. The number of fused-ring (bicyclic) bond motifs is 1. The molecule has 0 amide bonds. The zero-order valence-electron chi connectivity index (χ0n) is 13.8. The number of hydrogen-bond donors (Lipinski definition) is 1. The van der Waals surface area contributed by atoms with E-state index in [1.165, 1.54) is 0 Å². The lowest BCUT2D eigenvalue weighted by atomic mass is 10.1. The maximum absolute atomic E-state index is 10.8. The van der Waals surface area contributed by atoms with Gasteiger partial charge in [0.05, 0.1) is 17.8 Å². The zero-order chi connectivity index (χ0) is 16.3. The molecule has 1 N–H and O–H groups in total. The summed E-state index contributed by atoms with van der Waals surface area (Å²) < 4.78 is 1.92. The second-order valence-electron chi connectivity index (χ2n) is 6.65. The number of carboxylic acid groups (broad SMARTS) is 1. The first-order valence-electron chi connectivity index (χ1n) is 7.79. The number of hydrogen-bond acceptors (Lipinski definition) is 3. The molecule has 5 nitrogen and oxygen atoms in total. The first-order chi connectivity index (χ1) is 10.3. The van der Waals surface area contributed by atoms with Crippen LogP contribution in [0, 0.1) is 11.8 Å². The molecule has 120 valence electrons. The zero-order valence-corrected chi connectivity index (χ0v) is 13.8. The monoisotopic (exact) mass is 303 g/mol. The van der Waals surface area contributed by atoms with Gasteiger partial charge in [-0.15, -0.1) is 0 Å². The van der Waals surface area contributed by atoms with Gasteiger partial charge in [0.2, 0.25) is 0 Å². The van der Waals surface area contributed by atoms with Crippen LogP contribution in [0.5, 0.6) is 0 Å². The van der Waals surface area contributed by atoms with Gasteiger partial charge in [-0.3, -0.25) is 4.79 Å². The van der Waals surface area contributed by atoms with Gasteiger partial charge in [-0.2, -0.15) is 0 Å². The van der Waals surface area contributed by atoms with Crippen molar-refractivity contribution in [1.82, 2.24) is 9.38 Å². The van der Waals surface area contributed by atoms with Gasteiger partial charge in [-0.1, -0.05) is 27.7 Å². The molecule has 0 saturated heterocycles. The normalized spacial score (nSPS) is 11.5. The molecular formula is C17H25N3O2. The molecule has 0 aromatic carbocycles. The highest BCUT2D eigenvalue weighted by molar-refractivity contribution is 5.70. The van der Waals surface area contributed by atoms with Crippen LogP contribution in [0.15, 0.2) is 24.5 Å². The van der Waals surface area contributed by atoms with Gasteiger partial charge in [0.25, 0.3) is 0 Å². The van der Waals surface area contributed by atoms with Crippen LogP contribution in [0.4, 0.5) is 5.69 Å². The molecule has 0 spiro atoms. The molecule has 0 bridgehead atoms. The summed E-state index contributed by atoms with van der Waals surface area (Å²) in [7, 11) is 0. The van der Waals surface area contributed by atoms with Crippen molar-refractivity contribution in [3.8, 4) is 0 Å². The van der Waals surface area contributed by atoms with E-state index in [1.54, 1.807) is 6.20 Å². The van der Waals surface area contributed by atoms with Gasteiger partial charge in [0, 0.05) is 25.5 Å². The third-order valence-corrected chi connectivity index (χ3v) is 3.35. The van der Waals surface area contributed by atoms with E-state index < -0.39 is 5.97 Å². The van der Waals surface area contributed by atoms with Gasteiger partial charge < -0.3 is 14.4 Å². The molecule has 0 aliphatic rings. The van der Waals surface area contributed by atoms with Gasteiger partial charge in [-0.25, -0.2) is 4.98 Å². The lowest BCUT2D eigenvalue weighted by Gasteiger charge is -2.28. The second-order valence-corrected chi connectivity index (χ2v) is 6.65. The van der Waals surface area contributed by atoms with Crippen LogP contribution in [0.25, 0.3) is 5.65 Å². The van der Waals surface area contributed by atoms with Crippen molar-refractivity contribution in [2.45, 2.75) is 34.1 Å². The van der Waals surface area contributed by atoms with Crippen molar-refractivity contribution < 1.29 is 9.90 Å². The highest BCUT2D eigenvalue weighted by Crippen LogP contribution is 2.19. The van der Waals surface area contributed by atoms with Gasteiger partial charge in [0.15, 0.2) is 0 Å². The van der Waals surface area contributed by atoms with E-state index in [9.17, 15) is 4.79 Å². The van der Waals surface area contributed by atoms with Crippen molar-refractivity contribution in [1.29, 1.82) is 0 Å². The molecule has 5 heteroatoms. The first-order valence-corrected chi connectivity index (χ1v) is 7.79. The second kappa shape index (κ2) is 6.81. The third-order valence-electron chi connectivity index (χ3n) is 3.35. The van der Waals surface area contributed by atoms with Crippen LogP contribution in [-0.4, -0.2) is 33.6 Å². The van der Waals surface area contributed by atoms with Crippen molar-refractivity contribution >= 4 is 17.3 Å². The van der Waals surface area contributed by atoms with Crippen LogP contribution < -0.4 is 4.90 Å². The van der Waals surface area contributed by atoms with Crippen LogP contribution in [0.3, 0.4) is 0 Å². The molecule has 22 heavy (non-hydrogen) atoms. The van der Waals surface area contributed by atoms with Crippen LogP contribution >= 0.6 is 0 Å². The van der Waals surface area contributed by atoms with Crippen molar-refractivity contribution in [3.05, 3.63) is 30.2 Å². The summed E-state index contributed by atoms with van der Waals surface area (Å²) in [5.41, 5.74) is 2.52. The SMILES string of the molecule is CC(C)CN(CC(C)C)c1ccc2nc(CC(=O)O)cn2c1. The average molecular weight is 303 g/mol. The maximum atomic E-state index is 10.8. The summed E-state index contributed by atoms with van der Waals surface area (Å²) in [6.07, 6.45) is 3.80. The number of anilines is 1. The van der Waals surface area contributed by atoms with Crippen LogP contribution in [-0.2, 0) is 11.2 Å². The van der Waals surface area contributed by atoms with Crippen molar-refractivity contribution in [3.63, 3.8) is 0 Å². The molecule has 0 fully saturated rings. The number of carboxylic acids is 1. The Hall–Kier alpha value is -2.04. The van der Waals surface area contributed by atoms with Gasteiger partial charge in [-0.05, 0) is 24.0 Å². The molecule has 0 radical (unpaired) electrons. The van der Waals surface area contributed by atoms with E-state index in [4.69, 9.17) is 5.11 Å². The van der Waals surface area contributed by atoms with E-state index in [2.05, 4.69) is 43.6 Å². The number of pyridine rings is 1. The molecule has 2 heterocycles. The minimum absolute atomic E-state index is 0.0429. The predicted octanol–water partition coefficient (Wildman–Crippen LogP) is 3.08. The summed E-state index contributed by atoms with van der Waals surface area (Å²) >= 11 is 0. The molecule has 0 aliphatic carbocycles. The van der Waals surface area contributed by atoms with Crippen LogP contribution in [0.2, 0.25) is 0 Å². The number of carbonyl (C=O) groups is 1. The number of imidazole rings is 1. The number of nitrogens with zero attached hydrogens (tertiary/aromatic N) is 3. The molecule has 2 rings (SSSR count). The van der Waals surface area contributed by atoms with Crippen molar-refractivity contribution in [2.75, 3.05) is 18.0 Å². The fourth-order valence-electron chi connectivity index (χ4n) is 2.63. The van der Waals surface area contributed by atoms with E-state index in [1.807, 2.05) is 16.7 Å². The Labute approximate surface area is 131 Å². The van der Waals surface area contributed by atoms with Gasteiger partial charge >= 0.3 is 5.97 Å². The fraction of sp³-hybridized carbons (Fsp3) is 0.529. The van der Waals surface area contributed by atoms with E-state index >= 15 is 0 Å². The third kappa shape index (κ3) is 4.23. The Balaban J connectivity index is 2.30. The Morgan fingerprint density at radius 3 is 2.36 bits per heavy atom. The summed E-state index contributed by atoms with van der Waals surface area (Å²) in [6, 6.07) is 4.02. The Morgan fingerprint density at radius 1 is 1.18 bits per heavy atom. The quantitative estimate of drug-likeness (QED) is 0.854. The largest absolute Gasteiger partial charge is 0.481 e. The highest BCUT2D eigenvalue weighted by Gasteiger charge is 2.12. The predicted molar refractivity (Wildman–Crippen MR) is 88.4 cm³/mol. The number of aliphatic carboxylic acids is 1. The Kier molecular flexibility index (Phi) is 5.06. The highest BCUT2D eigenvalue weighted by atomic mass is 16.4. The van der Waals surface area contributed by atoms with Gasteiger partial charge in [0.1, 0.15) is 5.65 Å². The fourth-order valence-corrected chi connectivity index (χ4v) is 2.63. The van der Waals surface area contributed by atoms with E-state index in [0.717, 1.165) is 24.4 Å². The lowest BCUT2D eigenvalue weighted by Crippen LogP contribution is -2.31. The molecule has 2 aromatic rings. The summed E-state index contributed by atoms with van der Waals surface area (Å²) in [6.45, 7) is 10.9. The van der Waals surface area contributed by atoms with Crippen LogP contribution in [0.1, 0.15) is 33.4 Å². The maximum Gasteiger partial charge on any atom is 0.309 e. The molecule has 2 aromatic heterocycles. The molecule has 0 unspecified atom stereocenters. The average Bonchev–Trinajstić information content (AvgIpc) is 2.76. The Morgan fingerprint density at radius 2 is 1.82 bits per heavy atom. The topological polar surface area (TPSA) is 57.8 Å². The smallest absolute Gasteiger partial charge is 0.309 e. The summed E-state index contributed by atoms with van der Waals surface area (Å²) in [4.78, 5) is 17.5. The molecule has 0 atom stereocenters. The summed E-state index contributed by atoms with van der Waals surface area (Å²) in [5, 5.41) is 8.88. The van der Waals surface area contributed by atoms with E-state index in [0.29, 0.717) is 17.5 Å². The minimum atomic E-state index is -0.857.